The van der Waals surface area contributed by atoms with E-state index in [0.717, 1.165) is 21.7 Å². The molecule has 1 aliphatic rings. The molecule has 3 rings (SSSR count). The summed E-state index contributed by atoms with van der Waals surface area (Å²) in [5, 5.41) is 7.32. The monoisotopic (exact) mass is 299 g/mol. The number of amides is 3. The van der Waals surface area contributed by atoms with E-state index >= 15 is 0 Å². The van der Waals surface area contributed by atoms with Gasteiger partial charge in [0.15, 0.2) is 0 Å². The number of anilines is 2. The van der Waals surface area contributed by atoms with Gasteiger partial charge in [-0.1, -0.05) is 0 Å². The first-order chi connectivity index (χ1) is 10.0. The molecule has 1 aromatic carbocycles. The Kier molecular flexibility index (Phi) is 3.23. The zero-order valence-corrected chi connectivity index (χ0v) is 12.1. The van der Waals surface area contributed by atoms with Crippen LogP contribution in [0.15, 0.2) is 29.6 Å². The van der Waals surface area contributed by atoms with E-state index in [0.29, 0.717) is 11.3 Å². The minimum atomic E-state index is -0.633. The van der Waals surface area contributed by atoms with Gasteiger partial charge in [0.25, 0.3) is 5.91 Å². The maximum absolute atomic E-state index is 12.1. The molecule has 4 N–H and O–H groups in total. The summed E-state index contributed by atoms with van der Waals surface area (Å²) >= 11 is 1.58. The highest BCUT2D eigenvalue weighted by atomic mass is 32.1. The quantitative estimate of drug-likeness (QED) is 0.745. The van der Waals surface area contributed by atoms with Crippen molar-refractivity contribution in [3.05, 3.63) is 45.6 Å². The molecule has 0 bridgehead atoms. The third-order valence-electron chi connectivity index (χ3n) is 3.25. The number of benzene rings is 1. The molecule has 0 radical (unpaired) electrons. The van der Waals surface area contributed by atoms with E-state index < -0.39 is 6.03 Å². The van der Waals surface area contributed by atoms with Crippen molar-refractivity contribution < 1.29 is 9.59 Å². The Morgan fingerprint density at radius 1 is 1.38 bits per heavy atom. The number of carbonyl (C=O) groups is 2. The van der Waals surface area contributed by atoms with Crippen LogP contribution in [-0.2, 0) is 4.79 Å². The summed E-state index contributed by atoms with van der Waals surface area (Å²) in [5.41, 5.74) is 8.88. The van der Waals surface area contributed by atoms with Gasteiger partial charge in [-0.15, -0.1) is 11.3 Å². The highest BCUT2D eigenvalue weighted by Gasteiger charge is 2.24. The molecule has 0 atom stereocenters. The van der Waals surface area contributed by atoms with E-state index in [1.807, 2.05) is 24.4 Å². The number of primary amides is 1. The maximum Gasteiger partial charge on any atom is 0.316 e. The molecule has 0 saturated heterocycles. The van der Waals surface area contributed by atoms with Crippen molar-refractivity contribution in [2.45, 2.75) is 6.92 Å². The molecule has 21 heavy (non-hydrogen) atoms. The van der Waals surface area contributed by atoms with Crippen molar-refractivity contribution in [3.63, 3.8) is 0 Å². The fourth-order valence-corrected chi connectivity index (χ4v) is 3.07. The molecule has 0 unspecified atom stereocenters. The molecule has 0 fully saturated rings. The molecule has 3 amide bonds. The van der Waals surface area contributed by atoms with Gasteiger partial charge in [-0.05, 0) is 48.2 Å². The Bertz CT molecular complexity index is 777. The van der Waals surface area contributed by atoms with Crippen molar-refractivity contribution >= 4 is 46.3 Å². The number of nitrogens with two attached hydrogens (primary N) is 1. The van der Waals surface area contributed by atoms with Crippen LogP contribution >= 0.6 is 11.3 Å². The van der Waals surface area contributed by atoms with Crippen molar-refractivity contribution in [3.8, 4) is 0 Å². The van der Waals surface area contributed by atoms with Crippen LogP contribution in [-0.4, -0.2) is 11.9 Å². The highest BCUT2D eigenvalue weighted by Crippen LogP contribution is 2.36. The zero-order chi connectivity index (χ0) is 15.0. The number of thiophene rings is 1. The molecular formula is C15H13N3O2S. The van der Waals surface area contributed by atoms with Gasteiger partial charge in [0.05, 0.1) is 5.57 Å². The van der Waals surface area contributed by atoms with Crippen LogP contribution < -0.4 is 16.4 Å². The van der Waals surface area contributed by atoms with Crippen LogP contribution in [0.5, 0.6) is 0 Å². The van der Waals surface area contributed by atoms with Gasteiger partial charge in [-0.2, -0.15) is 0 Å². The van der Waals surface area contributed by atoms with Crippen molar-refractivity contribution in [2.75, 3.05) is 10.6 Å². The molecule has 0 spiro atoms. The lowest BCUT2D eigenvalue weighted by Gasteiger charge is -2.04. The second-order valence-electron chi connectivity index (χ2n) is 4.73. The molecule has 106 valence electrons. The number of fused-ring (bicyclic) bond motifs is 1. The summed E-state index contributed by atoms with van der Waals surface area (Å²) < 4.78 is 0. The van der Waals surface area contributed by atoms with Gasteiger partial charge in [0.1, 0.15) is 0 Å². The van der Waals surface area contributed by atoms with Gasteiger partial charge >= 0.3 is 6.03 Å². The van der Waals surface area contributed by atoms with E-state index in [1.165, 1.54) is 0 Å². The number of aryl methyl sites for hydroxylation is 1. The maximum atomic E-state index is 12.1. The SMILES string of the molecule is Cc1ccsc1C=C1C(=O)Nc2ccc(NC(N)=O)cc21. The molecule has 6 heteroatoms. The summed E-state index contributed by atoms with van der Waals surface area (Å²) in [6, 6.07) is 6.57. The Balaban J connectivity index is 2.05. The lowest BCUT2D eigenvalue weighted by molar-refractivity contribution is -0.110. The Morgan fingerprint density at radius 3 is 2.86 bits per heavy atom. The molecule has 0 aliphatic carbocycles. The minimum absolute atomic E-state index is 0.144. The number of hydrogen-bond acceptors (Lipinski definition) is 3. The molecular weight excluding hydrogens is 286 g/mol. The van der Waals surface area contributed by atoms with E-state index in [1.54, 1.807) is 29.5 Å². The van der Waals surface area contributed by atoms with Crippen molar-refractivity contribution in [1.29, 1.82) is 0 Å². The van der Waals surface area contributed by atoms with Crippen LogP contribution in [0.2, 0.25) is 0 Å². The summed E-state index contributed by atoms with van der Waals surface area (Å²) in [4.78, 5) is 24.1. The molecule has 1 aromatic heterocycles. The van der Waals surface area contributed by atoms with Gasteiger partial charge in [0, 0.05) is 21.8 Å². The summed E-state index contributed by atoms with van der Waals surface area (Å²) in [7, 11) is 0. The highest BCUT2D eigenvalue weighted by molar-refractivity contribution is 7.11. The fourth-order valence-electron chi connectivity index (χ4n) is 2.21. The standard InChI is InChI=1S/C15H13N3O2S/c1-8-4-5-21-13(8)7-11-10-6-9(17-15(16)20)2-3-12(10)18-14(11)19/h2-7H,1H3,(H,18,19)(H3,16,17,20). The number of hydrogen-bond donors (Lipinski definition) is 3. The lowest BCUT2D eigenvalue weighted by atomic mass is 10.0. The van der Waals surface area contributed by atoms with Crippen LogP contribution in [0.1, 0.15) is 16.0 Å². The first-order valence-electron chi connectivity index (χ1n) is 6.32. The fraction of sp³-hybridized carbons (Fsp3) is 0.0667. The molecule has 1 aliphatic heterocycles. The summed E-state index contributed by atoms with van der Waals surface area (Å²) in [6.07, 6.45) is 1.87. The predicted octanol–water partition coefficient (Wildman–Crippen LogP) is 3.04. The van der Waals surface area contributed by atoms with Crippen LogP contribution in [0.4, 0.5) is 16.2 Å². The largest absolute Gasteiger partial charge is 0.351 e. The normalized spacial score (nSPS) is 14.9. The van der Waals surface area contributed by atoms with E-state index in [4.69, 9.17) is 5.73 Å². The molecule has 2 aromatic rings. The van der Waals surface area contributed by atoms with Gasteiger partial charge in [-0.3, -0.25) is 4.79 Å². The summed E-state index contributed by atoms with van der Waals surface area (Å²) in [6.45, 7) is 2.00. The Labute approximate surface area is 125 Å². The smallest absolute Gasteiger partial charge is 0.316 e. The Morgan fingerprint density at radius 2 is 2.19 bits per heavy atom. The number of carbonyl (C=O) groups excluding carboxylic acids is 2. The number of rotatable bonds is 2. The molecule has 2 heterocycles. The first-order valence-corrected chi connectivity index (χ1v) is 7.20. The molecule has 0 saturated carbocycles. The molecule has 5 nitrogen and oxygen atoms in total. The van der Waals surface area contributed by atoms with Gasteiger partial charge in [0.2, 0.25) is 0 Å². The van der Waals surface area contributed by atoms with Crippen LogP contribution in [0.3, 0.4) is 0 Å². The average Bonchev–Trinajstić information content (AvgIpc) is 2.95. The Hall–Kier alpha value is -2.60. The van der Waals surface area contributed by atoms with Gasteiger partial charge < -0.3 is 16.4 Å². The topological polar surface area (TPSA) is 84.2 Å². The second kappa shape index (κ2) is 5.06. The third-order valence-corrected chi connectivity index (χ3v) is 4.21. The van der Waals surface area contributed by atoms with Gasteiger partial charge in [-0.25, -0.2) is 4.79 Å². The second-order valence-corrected chi connectivity index (χ2v) is 5.68. The third kappa shape index (κ3) is 2.53. The van der Waals surface area contributed by atoms with Crippen molar-refractivity contribution in [2.24, 2.45) is 5.73 Å². The van der Waals surface area contributed by atoms with E-state index in [2.05, 4.69) is 10.6 Å². The average molecular weight is 299 g/mol. The van der Waals surface area contributed by atoms with E-state index in [9.17, 15) is 9.59 Å². The lowest BCUT2D eigenvalue weighted by Crippen LogP contribution is -2.19. The summed E-state index contributed by atoms with van der Waals surface area (Å²) in [5.74, 6) is -0.144. The van der Waals surface area contributed by atoms with Crippen LogP contribution in [0, 0.1) is 6.92 Å². The van der Waals surface area contributed by atoms with Crippen LogP contribution in [0.25, 0.3) is 11.6 Å². The van der Waals surface area contributed by atoms with Crippen molar-refractivity contribution in [1.82, 2.24) is 0 Å². The predicted molar refractivity (Wildman–Crippen MR) is 85.2 cm³/mol. The number of nitrogens with one attached hydrogen (secondary N) is 2. The van der Waals surface area contributed by atoms with E-state index in [-0.39, 0.29) is 5.91 Å². The minimum Gasteiger partial charge on any atom is -0.351 e. The zero-order valence-electron chi connectivity index (χ0n) is 11.3. The number of urea groups is 1. The first kappa shape index (κ1) is 13.4.